The van der Waals surface area contributed by atoms with Crippen molar-refractivity contribution in [2.45, 2.75) is 0 Å². The fraction of sp³-hybridized carbons (Fsp3) is 0. The quantitative estimate of drug-likeness (QED) is 0.764. The van der Waals surface area contributed by atoms with E-state index >= 15 is 0 Å². The molecule has 0 saturated carbocycles. The molecule has 0 radical (unpaired) electrons. The van der Waals surface area contributed by atoms with Crippen LogP contribution in [0.15, 0.2) is 61.3 Å². The van der Waals surface area contributed by atoms with Gasteiger partial charge >= 0.3 is 0 Å². The topological polar surface area (TPSA) is 70.7 Å². The normalized spacial score (nSPS) is 10.2. The van der Waals surface area contributed by atoms with Crippen LogP contribution in [0.25, 0.3) is 11.1 Å². The van der Waals surface area contributed by atoms with Crippen molar-refractivity contribution in [3.05, 3.63) is 67.0 Å². The first-order chi connectivity index (χ1) is 9.83. The molecule has 0 saturated heterocycles. The van der Waals surface area contributed by atoms with E-state index in [0.29, 0.717) is 5.69 Å². The third kappa shape index (κ3) is 2.56. The van der Waals surface area contributed by atoms with E-state index in [1.807, 2.05) is 24.3 Å². The molecule has 3 rings (SSSR count). The molecular weight excluding hydrogens is 252 g/mol. The van der Waals surface area contributed by atoms with Gasteiger partial charge in [0.2, 0.25) is 0 Å². The fourth-order valence-corrected chi connectivity index (χ4v) is 1.89. The maximum Gasteiger partial charge on any atom is 0.272 e. The van der Waals surface area contributed by atoms with Gasteiger partial charge < -0.3 is 10.3 Å². The molecule has 0 aliphatic carbocycles. The third-order valence-corrected chi connectivity index (χ3v) is 2.86. The summed E-state index contributed by atoms with van der Waals surface area (Å²) in [6.07, 6.45) is 6.67. The summed E-state index contributed by atoms with van der Waals surface area (Å²) in [6.45, 7) is 0. The highest BCUT2D eigenvalue weighted by Crippen LogP contribution is 2.21. The zero-order valence-corrected chi connectivity index (χ0v) is 10.6. The second-order valence-electron chi connectivity index (χ2n) is 4.25. The summed E-state index contributed by atoms with van der Waals surface area (Å²) in [5.74, 6) is -0.170. The largest absolute Gasteiger partial charge is 0.357 e. The number of aromatic amines is 1. The van der Waals surface area contributed by atoms with Gasteiger partial charge in [-0.15, -0.1) is 0 Å². The maximum absolute atomic E-state index is 12.0. The SMILES string of the molecule is O=C(Nc1cccc(-c2cncnc2)c1)c1ccc[nH]1. The summed E-state index contributed by atoms with van der Waals surface area (Å²) in [6, 6.07) is 11.1. The van der Waals surface area contributed by atoms with E-state index < -0.39 is 0 Å². The predicted molar refractivity (Wildman–Crippen MR) is 76.2 cm³/mol. The summed E-state index contributed by atoms with van der Waals surface area (Å²) in [5, 5.41) is 2.84. The van der Waals surface area contributed by atoms with Gasteiger partial charge in [0, 0.05) is 29.8 Å². The molecule has 0 spiro atoms. The molecule has 5 heteroatoms. The van der Waals surface area contributed by atoms with Gasteiger partial charge in [0.1, 0.15) is 12.0 Å². The van der Waals surface area contributed by atoms with Crippen LogP contribution in [0.5, 0.6) is 0 Å². The molecular formula is C15H12N4O. The van der Waals surface area contributed by atoms with Gasteiger partial charge in [-0.1, -0.05) is 12.1 Å². The average Bonchev–Trinajstić information content (AvgIpc) is 3.03. The lowest BCUT2D eigenvalue weighted by Gasteiger charge is -2.06. The van der Waals surface area contributed by atoms with Crippen molar-refractivity contribution in [1.82, 2.24) is 15.0 Å². The van der Waals surface area contributed by atoms with E-state index in [4.69, 9.17) is 0 Å². The first kappa shape index (κ1) is 12.1. The van der Waals surface area contributed by atoms with Crippen LogP contribution in [0.2, 0.25) is 0 Å². The van der Waals surface area contributed by atoms with Crippen molar-refractivity contribution >= 4 is 11.6 Å². The standard InChI is InChI=1S/C15H12N4O/c20-15(14-5-2-6-18-14)19-13-4-1-3-11(7-13)12-8-16-10-17-9-12/h1-10,18H,(H,19,20). The highest BCUT2D eigenvalue weighted by molar-refractivity contribution is 6.03. The number of carbonyl (C=O) groups is 1. The van der Waals surface area contributed by atoms with Crippen LogP contribution in [-0.4, -0.2) is 20.9 Å². The molecule has 5 nitrogen and oxygen atoms in total. The molecule has 3 aromatic rings. The van der Waals surface area contributed by atoms with Gasteiger partial charge in [0.15, 0.2) is 0 Å². The Labute approximate surface area is 115 Å². The number of nitrogens with zero attached hydrogens (tertiary/aromatic N) is 2. The van der Waals surface area contributed by atoms with E-state index in [-0.39, 0.29) is 5.91 Å². The molecule has 2 N–H and O–H groups in total. The van der Waals surface area contributed by atoms with Gasteiger partial charge in [-0.25, -0.2) is 9.97 Å². The Balaban J connectivity index is 1.83. The Morgan fingerprint density at radius 1 is 1.05 bits per heavy atom. The van der Waals surface area contributed by atoms with Crippen molar-refractivity contribution in [3.8, 4) is 11.1 Å². The number of hydrogen-bond acceptors (Lipinski definition) is 3. The number of anilines is 1. The molecule has 2 heterocycles. The Hall–Kier alpha value is -2.95. The molecule has 20 heavy (non-hydrogen) atoms. The van der Waals surface area contributed by atoms with Crippen molar-refractivity contribution in [2.24, 2.45) is 0 Å². The molecule has 0 atom stereocenters. The van der Waals surface area contributed by atoms with Crippen molar-refractivity contribution < 1.29 is 4.79 Å². The van der Waals surface area contributed by atoms with E-state index in [1.54, 1.807) is 30.7 Å². The maximum atomic E-state index is 12.0. The van der Waals surface area contributed by atoms with E-state index in [2.05, 4.69) is 20.3 Å². The van der Waals surface area contributed by atoms with Crippen LogP contribution >= 0.6 is 0 Å². The monoisotopic (exact) mass is 264 g/mol. The van der Waals surface area contributed by atoms with Crippen LogP contribution in [-0.2, 0) is 0 Å². The first-order valence-electron chi connectivity index (χ1n) is 6.13. The lowest BCUT2D eigenvalue weighted by atomic mass is 10.1. The first-order valence-corrected chi connectivity index (χ1v) is 6.13. The number of hydrogen-bond donors (Lipinski definition) is 2. The minimum absolute atomic E-state index is 0.170. The van der Waals surface area contributed by atoms with E-state index in [1.165, 1.54) is 6.33 Å². The fourth-order valence-electron chi connectivity index (χ4n) is 1.89. The second-order valence-corrected chi connectivity index (χ2v) is 4.25. The second kappa shape index (κ2) is 5.36. The Morgan fingerprint density at radius 2 is 1.90 bits per heavy atom. The van der Waals surface area contributed by atoms with Crippen molar-refractivity contribution in [1.29, 1.82) is 0 Å². The smallest absolute Gasteiger partial charge is 0.272 e. The molecule has 1 aromatic carbocycles. The molecule has 2 aromatic heterocycles. The number of benzene rings is 1. The number of amides is 1. The third-order valence-electron chi connectivity index (χ3n) is 2.86. The minimum Gasteiger partial charge on any atom is -0.357 e. The predicted octanol–water partition coefficient (Wildman–Crippen LogP) is 2.72. The molecule has 98 valence electrons. The van der Waals surface area contributed by atoms with Crippen LogP contribution < -0.4 is 5.32 Å². The van der Waals surface area contributed by atoms with Crippen LogP contribution in [0.3, 0.4) is 0 Å². The lowest BCUT2D eigenvalue weighted by Crippen LogP contribution is -2.12. The van der Waals surface area contributed by atoms with Gasteiger partial charge in [-0.2, -0.15) is 0 Å². The Morgan fingerprint density at radius 3 is 2.65 bits per heavy atom. The molecule has 0 fully saturated rings. The summed E-state index contributed by atoms with van der Waals surface area (Å²) >= 11 is 0. The van der Waals surface area contributed by atoms with Gasteiger partial charge in [0.05, 0.1) is 0 Å². The van der Waals surface area contributed by atoms with E-state index in [0.717, 1.165) is 16.8 Å². The van der Waals surface area contributed by atoms with Crippen LogP contribution in [0, 0.1) is 0 Å². The minimum atomic E-state index is -0.170. The number of rotatable bonds is 3. The number of nitrogens with one attached hydrogen (secondary N) is 2. The van der Waals surface area contributed by atoms with Gasteiger partial charge in [-0.05, 0) is 29.8 Å². The summed E-state index contributed by atoms with van der Waals surface area (Å²) < 4.78 is 0. The number of carbonyl (C=O) groups excluding carboxylic acids is 1. The lowest BCUT2D eigenvalue weighted by molar-refractivity contribution is 0.102. The van der Waals surface area contributed by atoms with Gasteiger partial charge in [0.25, 0.3) is 5.91 Å². The average molecular weight is 264 g/mol. The van der Waals surface area contributed by atoms with Gasteiger partial charge in [-0.3, -0.25) is 4.79 Å². The Bertz CT molecular complexity index is 708. The number of aromatic nitrogens is 3. The molecule has 0 unspecified atom stereocenters. The molecule has 0 aliphatic heterocycles. The van der Waals surface area contributed by atoms with Crippen molar-refractivity contribution in [2.75, 3.05) is 5.32 Å². The zero-order chi connectivity index (χ0) is 13.8. The number of H-pyrrole nitrogens is 1. The molecule has 1 amide bonds. The van der Waals surface area contributed by atoms with E-state index in [9.17, 15) is 4.79 Å². The highest BCUT2D eigenvalue weighted by atomic mass is 16.1. The zero-order valence-electron chi connectivity index (χ0n) is 10.6. The van der Waals surface area contributed by atoms with Crippen molar-refractivity contribution in [3.63, 3.8) is 0 Å². The molecule has 0 bridgehead atoms. The molecule has 0 aliphatic rings. The highest BCUT2D eigenvalue weighted by Gasteiger charge is 2.07. The van der Waals surface area contributed by atoms with Crippen LogP contribution in [0.1, 0.15) is 10.5 Å². The Kier molecular flexibility index (Phi) is 3.24. The summed E-state index contributed by atoms with van der Waals surface area (Å²) in [7, 11) is 0. The van der Waals surface area contributed by atoms with Crippen LogP contribution in [0.4, 0.5) is 5.69 Å². The summed E-state index contributed by atoms with van der Waals surface area (Å²) in [5.41, 5.74) is 3.11. The summed E-state index contributed by atoms with van der Waals surface area (Å²) in [4.78, 5) is 22.8.